The largest absolute Gasteiger partial charge is 0.494 e. The normalized spacial score (nSPS) is 17.0. The van der Waals surface area contributed by atoms with E-state index in [4.69, 9.17) is 10.00 Å². The maximum absolute atomic E-state index is 12.0. The van der Waals surface area contributed by atoms with Crippen LogP contribution in [0.4, 0.5) is 0 Å². The van der Waals surface area contributed by atoms with E-state index >= 15 is 0 Å². The molecule has 1 fully saturated rings. The summed E-state index contributed by atoms with van der Waals surface area (Å²) in [6.45, 7) is 0.957. The lowest BCUT2D eigenvalue weighted by Crippen LogP contribution is -2.14. The molecule has 9 heteroatoms. The van der Waals surface area contributed by atoms with Gasteiger partial charge in [-0.25, -0.2) is 0 Å². The Labute approximate surface area is 148 Å². The molecule has 2 N–H and O–H groups in total. The molecule has 1 aliphatic rings. The summed E-state index contributed by atoms with van der Waals surface area (Å²) >= 11 is 0. The average molecular weight is 356 g/mol. The average Bonchev–Trinajstić information content (AvgIpc) is 3.23. The van der Waals surface area contributed by atoms with Gasteiger partial charge in [0, 0.05) is 22.9 Å². The van der Waals surface area contributed by atoms with Gasteiger partial charge in [0.2, 0.25) is 11.8 Å². The smallest absolute Gasteiger partial charge is 0.295 e. The van der Waals surface area contributed by atoms with Gasteiger partial charge in [-0.2, -0.15) is 5.26 Å². The van der Waals surface area contributed by atoms with Crippen molar-refractivity contribution in [1.82, 2.24) is 4.57 Å². The number of nitrogens with zero attached hydrogens (tertiary/aromatic N) is 4. The topological polar surface area (TPSA) is 137 Å². The number of hydrogen-bond acceptors (Lipinski definition) is 6. The monoisotopic (exact) mass is 356 g/mol. The van der Waals surface area contributed by atoms with Crippen molar-refractivity contribution in [2.24, 2.45) is 10.2 Å². The Kier molecular flexibility index (Phi) is 4.95. The van der Waals surface area contributed by atoms with E-state index in [1.165, 1.54) is 22.8 Å². The number of carbonyl (C=O) groups is 2. The summed E-state index contributed by atoms with van der Waals surface area (Å²) in [5.41, 5.74) is 0.0931. The van der Waals surface area contributed by atoms with E-state index in [2.05, 4.69) is 10.2 Å². The van der Waals surface area contributed by atoms with Crippen molar-refractivity contribution >= 4 is 22.6 Å². The first-order valence-corrected chi connectivity index (χ1v) is 8.03. The molecule has 0 saturated carbocycles. The van der Waals surface area contributed by atoms with Crippen LogP contribution in [0.25, 0.3) is 10.8 Å². The number of rotatable bonds is 4. The zero-order valence-corrected chi connectivity index (χ0v) is 13.8. The molecule has 0 aliphatic carbocycles. The minimum atomic E-state index is -0.815. The van der Waals surface area contributed by atoms with Crippen molar-refractivity contribution in [3.63, 3.8) is 0 Å². The molecular weight excluding hydrogens is 340 g/mol. The van der Waals surface area contributed by atoms with E-state index in [0.717, 1.165) is 12.8 Å². The summed E-state index contributed by atoms with van der Waals surface area (Å²) in [6, 6.07) is 5.87. The number of carbonyl (C=O) groups excluding carboxylic acids is 2. The summed E-state index contributed by atoms with van der Waals surface area (Å²) in [5.74, 6) is -1.90. The van der Waals surface area contributed by atoms with Crippen molar-refractivity contribution in [2.45, 2.75) is 31.9 Å². The zero-order valence-electron chi connectivity index (χ0n) is 13.8. The van der Waals surface area contributed by atoms with Crippen LogP contribution >= 0.6 is 0 Å². The number of amides is 2. The third-order valence-electron chi connectivity index (χ3n) is 4.15. The lowest BCUT2D eigenvalue weighted by molar-refractivity contribution is -0.117. The maximum atomic E-state index is 12.0. The number of ether oxygens (including phenoxy) is 1. The molecule has 1 aromatic carbocycles. The van der Waals surface area contributed by atoms with Crippen LogP contribution in [0, 0.1) is 11.3 Å². The third-order valence-corrected chi connectivity index (χ3v) is 4.15. The third kappa shape index (κ3) is 3.41. The minimum Gasteiger partial charge on any atom is -0.494 e. The second-order valence-electron chi connectivity index (χ2n) is 5.89. The number of fused-ring (bicyclic) bond motifs is 1. The van der Waals surface area contributed by atoms with Gasteiger partial charge in [-0.3, -0.25) is 14.2 Å². The molecular formula is C17H16N4O5. The molecule has 2 amide bonds. The quantitative estimate of drug-likeness (QED) is 0.806. The second kappa shape index (κ2) is 7.33. The Bertz CT molecular complexity index is 935. The summed E-state index contributed by atoms with van der Waals surface area (Å²) in [4.78, 5) is 23.1. The van der Waals surface area contributed by atoms with Gasteiger partial charge in [0.05, 0.1) is 18.7 Å². The minimum absolute atomic E-state index is 0.0883. The molecule has 2 aromatic rings. The van der Waals surface area contributed by atoms with Gasteiger partial charge in [-0.15, -0.1) is 10.2 Å². The van der Waals surface area contributed by atoms with E-state index in [1.807, 2.05) is 0 Å². The number of azo groups is 1. The standard InChI is InChI=1S/C17H16N4O5/c18-6-5-14(22)19-20-15(23)10-3-4-12-13(8-10)17(25)21(16(12)24)9-11-2-1-7-26-11/h3-4,8,11,24-25H,1-2,5,7,9H2. The van der Waals surface area contributed by atoms with Gasteiger partial charge in [0.25, 0.3) is 11.8 Å². The zero-order chi connectivity index (χ0) is 18.7. The van der Waals surface area contributed by atoms with Gasteiger partial charge < -0.3 is 14.9 Å². The number of aromatic hydroxyl groups is 2. The predicted molar refractivity (Wildman–Crippen MR) is 88.7 cm³/mol. The first kappa shape index (κ1) is 17.6. The summed E-state index contributed by atoms with van der Waals surface area (Å²) in [7, 11) is 0. The molecule has 1 saturated heterocycles. The van der Waals surface area contributed by atoms with Crippen LogP contribution in [0.3, 0.4) is 0 Å². The van der Waals surface area contributed by atoms with Crippen molar-refractivity contribution < 1.29 is 24.5 Å². The second-order valence-corrected chi connectivity index (χ2v) is 5.89. The number of aromatic nitrogens is 1. The highest BCUT2D eigenvalue weighted by Crippen LogP contribution is 2.37. The highest BCUT2D eigenvalue weighted by molar-refractivity contribution is 6.02. The highest BCUT2D eigenvalue weighted by atomic mass is 16.5. The Balaban J connectivity index is 1.88. The Morgan fingerprint density at radius 3 is 2.73 bits per heavy atom. The van der Waals surface area contributed by atoms with Crippen molar-refractivity contribution in [2.75, 3.05) is 6.61 Å². The Morgan fingerprint density at radius 1 is 1.27 bits per heavy atom. The molecule has 0 radical (unpaired) electrons. The van der Waals surface area contributed by atoms with E-state index < -0.39 is 18.2 Å². The number of nitriles is 1. The van der Waals surface area contributed by atoms with Gasteiger partial charge in [-0.05, 0) is 31.0 Å². The maximum Gasteiger partial charge on any atom is 0.295 e. The van der Waals surface area contributed by atoms with Crippen LogP contribution < -0.4 is 0 Å². The fourth-order valence-electron chi connectivity index (χ4n) is 2.88. The van der Waals surface area contributed by atoms with Crippen LogP contribution in [-0.4, -0.2) is 39.3 Å². The molecule has 26 heavy (non-hydrogen) atoms. The molecule has 0 bridgehead atoms. The fraction of sp³-hybridized carbons (Fsp3) is 0.353. The van der Waals surface area contributed by atoms with E-state index in [0.29, 0.717) is 18.5 Å². The van der Waals surface area contributed by atoms with Crippen LogP contribution in [0.1, 0.15) is 29.6 Å². The van der Waals surface area contributed by atoms with Crippen molar-refractivity contribution in [3.05, 3.63) is 23.8 Å². The molecule has 1 atom stereocenters. The van der Waals surface area contributed by atoms with E-state index in [9.17, 15) is 19.8 Å². The number of hydrogen-bond donors (Lipinski definition) is 2. The van der Waals surface area contributed by atoms with Crippen LogP contribution in [0.5, 0.6) is 11.8 Å². The van der Waals surface area contributed by atoms with Gasteiger partial charge >= 0.3 is 0 Å². The number of benzene rings is 1. The van der Waals surface area contributed by atoms with E-state index in [-0.39, 0.29) is 28.8 Å². The van der Waals surface area contributed by atoms with Crippen LogP contribution in [0.15, 0.2) is 28.4 Å². The van der Waals surface area contributed by atoms with E-state index in [1.54, 1.807) is 6.07 Å². The summed E-state index contributed by atoms with van der Waals surface area (Å²) < 4.78 is 6.86. The molecule has 1 aliphatic heterocycles. The Hall–Kier alpha value is -3.25. The fourth-order valence-corrected chi connectivity index (χ4v) is 2.88. The van der Waals surface area contributed by atoms with Crippen LogP contribution in [0.2, 0.25) is 0 Å². The van der Waals surface area contributed by atoms with Gasteiger partial charge in [0.1, 0.15) is 6.42 Å². The molecule has 9 nitrogen and oxygen atoms in total. The highest BCUT2D eigenvalue weighted by Gasteiger charge is 2.23. The van der Waals surface area contributed by atoms with Crippen molar-refractivity contribution in [1.29, 1.82) is 5.26 Å². The first-order valence-electron chi connectivity index (χ1n) is 8.03. The van der Waals surface area contributed by atoms with Gasteiger partial charge in [0.15, 0.2) is 0 Å². The summed E-state index contributed by atoms with van der Waals surface area (Å²) in [6.07, 6.45) is 1.22. The molecule has 3 rings (SSSR count). The molecule has 134 valence electrons. The van der Waals surface area contributed by atoms with Crippen molar-refractivity contribution in [3.8, 4) is 17.8 Å². The molecule has 1 aromatic heterocycles. The lowest BCUT2D eigenvalue weighted by Gasteiger charge is -2.12. The SMILES string of the molecule is N#CCC(=O)N=NC(=O)c1ccc2c(O)n(CC3CCCO3)c(O)c2c1. The first-order chi connectivity index (χ1) is 12.5. The molecule has 2 heterocycles. The predicted octanol–water partition coefficient (Wildman–Crippen LogP) is 2.26. The molecule has 0 spiro atoms. The Morgan fingerprint density at radius 2 is 2.04 bits per heavy atom. The summed E-state index contributed by atoms with van der Waals surface area (Å²) in [5, 5.41) is 36.2. The molecule has 1 unspecified atom stereocenters. The lowest BCUT2D eigenvalue weighted by atomic mass is 10.1. The van der Waals surface area contributed by atoms with Crippen LogP contribution in [-0.2, 0) is 16.1 Å². The van der Waals surface area contributed by atoms with Gasteiger partial charge in [-0.1, -0.05) is 0 Å².